The summed E-state index contributed by atoms with van der Waals surface area (Å²) in [5.41, 5.74) is -0.283. The Morgan fingerprint density at radius 1 is 1.23 bits per heavy atom. The molecule has 1 aromatic heterocycles. The van der Waals surface area contributed by atoms with Gasteiger partial charge in [0, 0.05) is 46.0 Å². The second kappa shape index (κ2) is 14.0. The Labute approximate surface area is 235 Å². The summed E-state index contributed by atoms with van der Waals surface area (Å²) in [5.74, 6) is 0.453. The minimum absolute atomic E-state index is 0.114. The summed E-state index contributed by atoms with van der Waals surface area (Å²) >= 11 is 0. The molecule has 1 aromatic carbocycles. The van der Waals surface area contributed by atoms with Crippen molar-refractivity contribution in [2.24, 2.45) is 0 Å². The molecule has 0 spiro atoms. The standard InChI is InChI=1S/C27H41F2N5O5Si/c1-27(2,3)39-26(35)30-17-20(16-28)18-38-21-7-8-22(23(29)15-21)24-31-25(33-9-11-36-12-10-33)32-34(24)19-37-13-14-40(4,5)6/h7-8,15-16H,9-14,17-19H2,1-6H3,(H,30,35)/b20-16+. The fourth-order valence-electron chi connectivity index (χ4n) is 3.61. The molecule has 13 heteroatoms. The lowest BCUT2D eigenvalue weighted by atomic mass is 10.2. The number of aromatic nitrogens is 3. The number of halogens is 2. The molecule has 40 heavy (non-hydrogen) atoms. The zero-order chi connectivity index (χ0) is 29.3. The molecule has 1 amide bonds. The van der Waals surface area contributed by atoms with Crippen molar-refractivity contribution in [2.75, 3.05) is 51.0 Å². The van der Waals surface area contributed by atoms with Crippen LogP contribution in [-0.2, 0) is 20.9 Å². The molecule has 3 rings (SSSR count). The molecule has 2 heterocycles. The lowest BCUT2D eigenvalue weighted by Crippen LogP contribution is -2.37. The second-order valence-electron chi connectivity index (χ2n) is 11.7. The molecule has 0 radical (unpaired) electrons. The highest BCUT2D eigenvalue weighted by Gasteiger charge is 2.22. The van der Waals surface area contributed by atoms with E-state index in [1.165, 1.54) is 6.07 Å². The van der Waals surface area contributed by atoms with Crippen LogP contribution < -0.4 is 15.0 Å². The van der Waals surface area contributed by atoms with Gasteiger partial charge in [-0.25, -0.2) is 18.3 Å². The van der Waals surface area contributed by atoms with Gasteiger partial charge in [-0.2, -0.15) is 4.98 Å². The summed E-state index contributed by atoms with van der Waals surface area (Å²) < 4.78 is 52.3. The SMILES string of the molecule is CC(C)(C)OC(=O)NC/C(=C\F)COc1ccc(-c2nc(N3CCOCC3)nn2COCC[Si](C)(C)C)c(F)c1. The van der Waals surface area contributed by atoms with Crippen LogP contribution in [0, 0.1) is 5.82 Å². The van der Waals surface area contributed by atoms with Gasteiger partial charge in [0.1, 0.15) is 30.5 Å². The monoisotopic (exact) mass is 581 g/mol. The number of benzene rings is 1. The first-order valence-corrected chi connectivity index (χ1v) is 17.1. The molecular weight excluding hydrogens is 540 g/mol. The van der Waals surface area contributed by atoms with Crippen LogP contribution in [0.15, 0.2) is 30.1 Å². The van der Waals surface area contributed by atoms with Gasteiger partial charge in [-0.1, -0.05) is 19.6 Å². The lowest BCUT2D eigenvalue weighted by Gasteiger charge is -2.25. The number of hydrogen-bond donors (Lipinski definition) is 1. The van der Waals surface area contributed by atoms with Gasteiger partial charge in [-0.05, 0) is 38.9 Å². The number of nitrogens with one attached hydrogen (secondary N) is 1. The quantitative estimate of drug-likeness (QED) is 0.277. The molecule has 0 bridgehead atoms. The highest BCUT2D eigenvalue weighted by molar-refractivity contribution is 6.76. The topological polar surface area (TPSA) is 100.0 Å². The minimum Gasteiger partial charge on any atom is -0.489 e. The maximum Gasteiger partial charge on any atom is 0.407 e. The van der Waals surface area contributed by atoms with Gasteiger partial charge in [0.15, 0.2) is 5.82 Å². The normalized spacial score (nSPS) is 14.8. The van der Waals surface area contributed by atoms with E-state index in [0.29, 0.717) is 51.0 Å². The minimum atomic E-state index is -1.27. The van der Waals surface area contributed by atoms with Crippen molar-refractivity contribution in [3.8, 4) is 17.1 Å². The largest absolute Gasteiger partial charge is 0.489 e. The fourth-order valence-corrected chi connectivity index (χ4v) is 4.37. The molecule has 1 fully saturated rings. The molecule has 0 unspecified atom stereocenters. The average Bonchev–Trinajstić information content (AvgIpc) is 3.29. The van der Waals surface area contributed by atoms with E-state index >= 15 is 4.39 Å². The van der Waals surface area contributed by atoms with Crippen LogP contribution in [0.3, 0.4) is 0 Å². The van der Waals surface area contributed by atoms with Gasteiger partial charge < -0.3 is 29.2 Å². The predicted molar refractivity (Wildman–Crippen MR) is 151 cm³/mol. The molecule has 2 aromatic rings. The Hall–Kier alpha value is -3.03. The number of rotatable bonds is 12. The Kier molecular flexibility index (Phi) is 11.1. The van der Waals surface area contributed by atoms with E-state index in [-0.39, 0.29) is 36.8 Å². The average molecular weight is 582 g/mol. The van der Waals surface area contributed by atoms with E-state index in [1.54, 1.807) is 37.6 Å². The summed E-state index contributed by atoms with van der Waals surface area (Å²) in [7, 11) is -1.27. The van der Waals surface area contributed by atoms with Crippen molar-refractivity contribution >= 4 is 20.1 Å². The first-order valence-electron chi connectivity index (χ1n) is 13.4. The molecule has 0 atom stereocenters. The second-order valence-corrected chi connectivity index (χ2v) is 17.4. The molecule has 0 saturated carbocycles. The number of carbonyl (C=O) groups excluding carboxylic acids is 1. The molecular formula is C27H41F2N5O5Si. The Morgan fingerprint density at radius 2 is 1.95 bits per heavy atom. The number of morpholine rings is 1. The molecule has 10 nitrogen and oxygen atoms in total. The lowest BCUT2D eigenvalue weighted by molar-refractivity contribution is 0.0531. The summed E-state index contributed by atoms with van der Waals surface area (Å²) in [6.07, 6.45) is -0.327. The molecule has 1 aliphatic heterocycles. The van der Waals surface area contributed by atoms with Crippen molar-refractivity contribution in [1.29, 1.82) is 0 Å². The van der Waals surface area contributed by atoms with Gasteiger partial charge in [-0.15, -0.1) is 5.10 Å². The van der Waals surface area contributed by atoms with E-state index in [0.717, 1.165) is 6.04 Å². The molecule has 1 aliphatic rings. The maximum absolute atomic E-state index is 15.3. The maximum atomic E-state index is 15.3. The first kappa shape index (κ1) is 31.5. The summed E-state index contributed by atoms with van der Waals surface area (Å²) in [6.45, 7) is 14.9. The van der Waals surface area contributed by atoms with Gasteiger partial charge in [0.05, 0.1) is 25.1 Å². The first-order chi connectivity index (χ1) is 18.8. The third-order valence-corrected chi connectivity index (χ3v) is 7.49. The van der Waals surface area contributed by atoms with Crippen molar-refractivity contribution < 1.29 is 32.5 Å². The van der Waals surface area contributed by atoms with Crippen LogP contribution in [0.1, 0.15) is 20.8 Å². The van der Waals surface area contributed by atoms with Gasteiger partial charge in [-0.3, -0.25) is 0 Å². The number of anilines is 1. The third kappa shape index (κ3) is 10.2. The van der Waals surface area contributed by atoms with Gasteiger partial charge in [0.25, 0.3) is 0 Å². The zero-order valence-electron chi connectivity index (χ0n) is 24.3. The van der Waals surface area contributed by atoms with Crippen LogP contribution >= 0.6 is 0 Å². The summed E-state index contributed by atoms with van der Waals surface area (Å²) in [5, 5.41) is 7.08. The Balaban J connectivity index is 1.69. The van der Waals surface area contributed by atoms with Crippen molar-refractivity contribution in [3.63, 3.8) is 0 Å². The highest BCUT2D eigenvalue weighted by Crippen LogP contribution is 2.27. The number of ether oxygens (including phenoxy) is 4. The smallest absolute Gasteiger partial charge is 0.407 e. The van der Waals surface area contributed by atoms with Crippen molar-refractivity contribution in [1.82, 2.24) is 20.1 Å². The van der Waals surface area contributed by atoms with Crippen LogP contribution in [0.2, 0.25) is 25.7 Å². The Morgan fingerprint density at radius 3 is 2.58 bits per heavy atom. The van der Waals surface area contributed by atoms with Crippen LogP contribution in [-0.4, -0.2) is 80.6 Å². The molecule has 1 N–H and O–H groups in total. The number of amides is 1. The number of hydrogen-bond acceptors (Lipinski definition) is 8. The third-order valence-electron chi connectivity index (χ3n) is 5.78. The molecule has 1 saturated heterocycles. The summed E-state index contributed by atoms with van der Waals surface area (Å²) in [6, 6.07) is 5.34. The van der Waals surface area contributed by atoms with Crippen LogP contribution in [0.25, 0.3) is 11.4 Å². The van der Waals surface area contributed by atoms with Gasteiger partial charge in [0.2, 0.25) is 5.95 Å². The van der Waals surface area contributed by atoms with E-state index in [1.807, 2.05) is 4.90 Å². The predicted octanol–water partition coefficient (Wildman–Crippen LogP) is 4.99. The van der Waals surface area contributed by atoms with E-state index in [2.05, 4.69) is 35.0 Å². The van der Waals surface area contributed by atoms with E-state index in [4.69, 9.17) is 18.9 Å². The number of nitrogens with zero attached hydrogens (tertiary/aromatic N) is 4. The number of alkyl carbamates (subject to hydrolysis) is 1. The molecule has 222 valence electrons. The number of carbonyl (C=O) groups is 1. The fraction of sp³-hybridized carbons (Fsp3) is 0.593. The highest BCUT2D eigenvalue weighted by atomic mass is 28.3. The van der Waals surface area contributed by atoms with Crippen LogP contribution in [0.5, 0.6) is 5.75 Å². The Bertz CT molecular complexity index is 1160. The van der Waals surface area contributed by atoms with E-state index in [9.17, 15) is 9.18 Å². The molecule has 0 aliphatic carbocycles. The zero-order valence-corrected chi connectivity index (χ0v) is 25.3. The van der Waals surface area contributed by atoms with Crippen molar-refractivity contribution in [3.05, 3.63) is 35.9 Å². The van der Waals surface area contributed by atoms with Crippen molar-refractivity contribution in [2.45, 2.75) is 58.8 Å². The van der Waals surface area contributed by atoms with E-state index < -0.39 is 25.6 Å². The van der Waals surface area contributed by atoms with Crippen LogP contribution in [0.4, 0.5) is 19.5 Å². The van der Waals surface area contributed by atoms with Gasteiger partial charge >= 0.3 is 6.09 Å². The summed E-state index contributed by atoms with van der Waals surface area (Å²) in [4.78, 5) is 18.5.